The first-order valence-electron chi connectivity index (χ1n) is 2.67. The second-order valence-corrected chi connectivity index (χ2v) is 1.70. The third-order valence-corrected chi connectivity index (χ3v) is 0.903. The van der Waals surface area contributed by atoms with E-state index in [1.165, 1.54) is 0 Å². The molecule has 0 aromatic rings. The minimum atomic E-state index is -0.195. The molecule has 1 unspecified atom stereocenters. The van der Waals surface area contributed by atoms with Gasteiger partial charge in [-0.05, 0) is 13.3 Å². The average Bonchev–Trinajstić information content (AvgIpc) is 1.65. The van der Waals surface area contributed by atoms with E-state index in [9.17, 15) is 0 Å². The van der Waals surface area contributed by atoms with Crippen LogP contribution in [0.2, 0.25) is 0 Å². The van der Waals surface area contributed by atoms with Crippen LogP contribution in [-0.4, -0.2) is 12.1 Å². The van der Waals surface area contributed by atoms with Gasteiger partial charge in [-0.1, -0.05) is 6.92 Å². The number of amidine groups is 1. The van der Waals surface area contributed by atoms with Crippen LogP contribution in [0.5, 0.6) is 0 Å². The van der Waals surface area contributed by atoms with Gasteiger partial charge in [-0.3, -0.25) is 5.41 Å². The average molecular weight is 116 g/mol. The summed E-state index contributed by atoms with van der Waals surface area (Å²) in [4.78, 5) is 0. The Morgan fingerprint density at radius 3 is 2.50 bits per heavy atom. The van der Waals surface area contributed by atoms with E-state index in [2.05, 4.69) is 0 Å². The second kappa shape index (κ2) is 3.29. The predicted octanol–water partition coefficient (Wildman–Crippen LogP) is 0.695. The quantitative estimate of drug-likeness (QED) is 0.412. The van der Waals surface area contributed by atoms with Gasteiger partial charge in [-0.2, -0.15) is 0 Å². The van der Waals surface area contributed by atoms with Crippen molar-refractivity contribution in [2.45, 2.75) is 26.4 Å². The van der Waals surface area contributed by atoms with Gasteiger partial charge in [0.05, 0.1) is 6.10 Å². The van der Waals surface area contributed by atoms with E-state index in [1.54, 1.807) is 0 Å². The zero-order chi connectivity index (χ0) is 6.57. The zero-order valence-electron chi connectivity index (χ0n) is 5.27. The molecule has 3 nitrogen and oxygen atoms in total. The molecule has 0 amide bonds. The van der Waals surface area contributed by atoms with Gasteiger partial charge >= 0.3 is 0 Å². The maximum Gasteiger partial charge on any atom is 0.279 e. The zero-order valence-corrected chi connectivity index (χ0v) is 5.27. The molecule has 0 saturated heterocycles. The number of ether oxygens (including phenoxy) is 1. The molecule has 3 heteroatoms. The first-order chi connectivity index (χ1) is 3.66. The molecular weight excluding hydrogens is 104 g/mol. The van der Waals surface area contributed by atoms with E-state index in [-0.39, 0.29) is 12.1 Å². The van der Waals surface area contributed by atoms with E-state index in [4.69, 9.17) is 15.9 Å². The molecule has 0 saturated carbocycles. The van der Waals surface area contributed by atoms with Gasteiger partial charge in [0.1, 0.15) is 0 Å². The first kappa shape index (κ1) is 7.27. The van der Waals surface area contributed by atoms with Crippen molar-refractivity contribution in [3.8, 4) is 0 Å². The maximum absolute atomic E-state index is 6.68. The number of rotatable bonds is 2. The second-order valence-electron chi connectivity index (χ2n) is 1.70. The lowest BCUT2D eigenvalue weighted by Crippen LogP contribution is -2.20. The van der Waals surface area contributed by atoms with Gasteiger partial charge < -0.3 is 10.5 Å². The Morgan fingerprint density at radius 1 is 1.88 bits per heavy atom. The Bertz CT molecular complexity index is 82.5. The fraction of sp³-hybridized carbons (Fsp3) is 0.800. The molecule has 8 heavy (non-hydrogen) atoms. The molecule has 0 spiro atoms. The molecule has 0 aliphatic rings. The molecule has 0 fully saturated rings. The fourth-order valence-corrected chi connectivity index (χ4v) is 0.300. The van der Waals surface area contributed by atoms with Crippen LogP contribution in [0.15, 0.2) is 0 Å². The van der Waals surface area contributed by atoms with Crippen LogP contribution < -0.4 is 5.73 Å². The van der Waals surface area contributed by atoms with E-state index < -0.39 is 0 Å². The summed E-state index contributed by atoms with van der Waals surface area (Å²) in [6.07, 6.45) is 0.965. The van der Waals surface area contributed by atoms with Crippen molar-refractivity contribution in [2.75, 3.05) is 0 Å². The molecular formula is C5H12N2O. The van der Waals surface area contributed by atoms with Gasteiger partial charge in [-0.25, -0.2) is 0 Å². The summed E-state index contributed by atoms with van der Waals surface area (Å²) in [6.45, 7) is 3.86. The standard InChI is InChI=1S/C5H12N2O/c1-3-4(2)8-5(6)7/h4H,3H2,1-2H3,(H3,6,7). The summed E-state index contributed by atoms with van der Waals surface area (Å²) in [5.74, 6) is 0. The lowest BCUT2D eigenvalue weighted by Gasteiger charge is -2.08. The maximum atomic E-state index is 6.68. The molecule has 0 aliphatic carbocycles. The van der Waals surface area contributed by atoms with Crippen LogP contribution in [0, 0.1) is 5.41 Å². The molecule has 1 atom stereocenters. The SMILES string of the molecule is CCC(C)OC(=N)N. The van der Waals surface area contributed by atoms with Crippen LogP contribution in [0.25, 0.3) is 0 Å². The van der Waals surface area contributed by atoms with Crippen molar-refractivity contribution in [3.05, 3.63) is 0 Å². The predicted molar refractivity (Wildman–Crippen MR) is 32.8 cm³/mol. The van der Waals surface area contributed by atoms with Gasteiger partial charge in [0.25, 0.3) is 6.02 Å². The Hall–Kier alpha value is -0.730. The monoisotopic (exact) mass is 116 g/mol. The highest BCUT2D eigenvalue weighted by molar-refractivity contribution is 5.67. The van der Waals surface area contributed by atoms with Crippen LogP contribution >= 0.6 is 0 Å². The molecule has 0 rings (SSSR count). The van der Waals surface area contributed by atoms with Crippen LogP contribution in [0.1, 0.15) is 20.3 Å². The number of nitrogens with one attached hydrogen (secondary N) is 1. The summed E-state index contributed by atoms with van der Waals surface area (Å²) in [6, 6.07) is -0.195. The van der Waals surface area contributed by atoms with Gasteiger partial charge in [0.2, 0.25) is 0 Å². The third kappa shape index (κ3) is 3.46. The Balaban J connectivity index is 3.24. The fourth-order valence-electron chi connectivity index (χ4n) is 0.300. The molecule has 0 radical (unpaired) electrons. The molecule has 0 aromatic carbocycles. The summed E-state index contributed by atoms with van der Waals surface area (Å²) < 4.78 is 4.76. The van der Waals surface area contributed by atoms with Gasteiger partial charge in [0, 0.05) is 0 Å². The minimum absolute atomic E-state index is 0.0764. The number of hydrogen-bond acceptors (Lipinski definition) is 2. The Labute approximate surface area is 49.3 Å². The van der Waals surface area contributed by atoms with Crippen molar-refractivity contribution < 1.29 is 4.74 Å². The van der Waals surface area contributed by atoms with E-state index in [0.29, 0.717) is 0 Å². The van der Waals surface area contributed by atoms with Gasteiger partial charge in [0.15, 0.2) is 0 Å². The van der Waals surface area contributed by atoms with Crippen LogP contribution in [-0.2, 0) is 4.74 Å². The Morgan fingerprint density at radius 2 is 2.38 bits per heavy atom. The topological polar surface area (TPSA) is 59.1 Å². The van der Waals surface area contributed by atoms with E-state index in [1.807, 2.05) is 13.8 Å². The number of nitrogens with two attached hydrogens (primary N) is 1. The Kier molecular flexibility index (Phi) is 2.99. The van der Waals surface area contributed by atoms with Crippen LogP contribution in [0.4, 0.5) is 0 Å². The van der Waals surface area contributed by atoms with Gasteiger partial charge in [-0.15, -0.1) is 0 Å². The lowest BCUT2D eigenvalue weighted by atomic mass is 10.3. The first-order valence-corrected chi connectivity index (χ1v) is 2.67. The summed E-state index contributed by atoms with van der Waals surface area (Å²) in [7, 11) is 0. The lowest BCUT2D eigenvalue weighted by molar-refractivity contribution is 0.198. The summed E-state index contributed by atoms with van der Waals surface area (Å²) >= 11 is 0. The van der Waals surface area contributed by atoms with E-state index in [0.717, 1.165) is 6.42 Å². The normalized spacial score (nSPS) is 12.8. The van der Waals surface area contributed by atoms with Crippen LogP contribution in [0.3, 0.4) is 0 Å². The molecule has 0 heterocycles. The molecule has 48 valence electrons. The molecule has 0 aliphatic heterocycles. The summed E-state index contributed by atoms with van der Waals surface area (Å²) in [5.41, 5.74) is 4.93. The summed E-state index contributed by atoms with van der Waals surface area (Å²) in [5, 5.41) is 6.68. The molecule has 3 N–H and O–H groups in total. The highest BCUT2D eigenvalue weighted by atomic mass is 16.5. The largest absolute Gasteiger partial charge is 0.463 e. The van der Waals surface area contributed by atoms with Crippen molar-refractivity contribution in [1.82, 2.24) is 0 Å². The molecule has 0 bridgehead atoms. The van der Waals surface area contributed by atoms with Crippen molar-refractivity contribution in [1.29, 1.82) is 5.41 Å². The van der Waals surface area contributed by atoms with E-state index >= 15 is 0 Å². The molecule has 0 aromatic heterocycles. The van der Waals surface area contributed by atoms with Crippen molar-refractivity contribution in [2.24, 2.45) is 5.73 Å². The smallest absolute Gasteiger partial charge is 0.279 e. The van der Waals surface area contributed by atoms with Crippen molar-refractivity contribution >= 4 is 6.02 Å². The van der Waals surface area contributed by atoms with Crippen molar-refractivity contribution in [3.63, 3.8) is 0 Å². The number of hydrogen-bond donors (Lipinski definition) is 2. The minimum Gasteiger partial charge on any atom is -0.463 e. The highest BCUT2D eigenvalue weighted by Gasteiger charge is 1.97. The highest BCUT2D eigenvalue weighted by Crippen LogP contribution is 1.92. The third-order valence-electron chi connectivity index (χ3n) is 0.903.